The molecule has 2 amide bonds. The fraction of sp³-hybridized carbons (Fsp3) is 0.273. The van der Waals surface area contributed by atoms with Crippen molar-refractivity contribution in [2.45, 2.75) is 40.7 Å². The number of nitrogens with one attached hydrogen (secondary N) is 2. The van der Waals surface area contributed by atoms with E-state index in [1.54, 1.807) is 6.92 Å². The number of benzene rings is 2. The van der Waals surface area contributed by atoms with E-state index in [2.05, 4.69) is 20.9 Å². The molecule has 29 heavy (non-hydrogen) atoms. The molecule has 1 heterocycles. The molecular weight excluding hydrogens is 366 g/mol. The third kappa shape index (κ3) is 4.68. The number of hydrogen-bond donors (Lipinski definition) is 2. The summed E-state index contributed by atoms with van der Waals surface area (Å²) in [5.74, 6) is -0.572. The van der Waals surface area contributed by atoms with Gasteiger partial charge >= 0.3 is 0 Å². The smallest absolute Gasteiger partial charge is 0.278 e. The second-order valence-corrected chi connectivity index (χ2v) is 7.01. The number of rotatable bonds is 6. The summed E-state index contributed by atoms with van der Waals surface area (Å²) in [5, 5.41) is 13.7. The summed E-state index contributed by atoms with van der Waals surface area (Å²) in [4.78, 5) is 25.1. The molecule has 3 aromatic rings. The fourth-order valence-corrected chi connectivity index (χ4v) is 3.13. The summed E-state index contributed by atoms with van der Waals surface area (Å²) in [7, 11) is 0. The Bertz CT molecular complexity index is 1060. The molecule has 7 heteroatoms. The van der Waals surface area contributed by atoms with Gasteiger partial charge in [-0.3, -0.25) is 9.59 Å². The second-order valence-electron chi connectivity index (χ2n) is 7.01. The summed E-state index contributed by atoms with van der Waals surface area (Å²) >= 11 is 0. The van der Waals surface area contributed by atoms with Crippen LogP contribution in [0.15, 0.2) is 42.5 Å². The highest BCUT2D eigenvalue weighted by atomic mass is 16.2. The predicted octanol–water partition coefficient (Wildman–Crippen LogP) is 3.66. The number of amides is 2. The lowest BCUT2D eigenvalue weighted by Crippen LogP contribution is -2.21. The van der Waals surface area contributed by atoms with Crippen LogP contribution in [0.4, 0.5) is 11.4 Å². The van der Waals surface area contributed by atoms with E-state index in [1.807, 2.05) is 63.2 Å². The number of anilines is 2. The van der Waals surface area contributed by atoms with Crippen LogP contribution in [-0.2, 0) is 17.8 Å². The van der Waals surface area contributed by atoms with Gasteiger partial charge in [0, 0.05) is 11.4 Å². The first-order chi connectivity index (χ1) is 13.9. The summed E-state index contributed by atoms with van der Waals surface area (Å²) in [5.41, 5.74) is 5.41. The third-order valence-corrected chi connectivity index (χ3v) is 4.79. The molecule has 0 saturated carbocycles. The highest BCUT2D eigenvalue weighted by molar-refractivity contribution is 6.04. The molecule has 1 aromatic heterocycles. The first-order valence-corrected chi connectivity index (χ1v) is 9.55. The number of nitrogens with zero attached hydrogens (tertiary/aromatic N) is 3. The molecule has 3 rings (SSSR count). The molecule has 0 atom stereocenters. The normalized spacial score (nSPS) is 10.6. The van der Waals surface area contributed by atoms with Gasteiger partial charge in [0.2, 0.25) is 5.91 Å². The molecule has 0 aliphatic carbocycles. The number of aryl methyl sites for hydroxylation is 3. The lowest BCUT2D eigenvalue weighted by atomic mass is 10.1. The van der Waals surface area contributed by atoms with Crippen molar-refractivity contribution in [2.75, 3.05) is 10.6 Å². The molecule has 0 saturated heterocycles. The third-order valence-electron chi connectivity index (χ3n) is 4.79. The molecule has 2 aromatic carbocycles. The summed E-state index contributed by atoms with van der Waals surface area (Å²) < 4.78 is 1.43. The fourth-order valence-electron chi connectivity index (χ4n) is 3.13. The van der Waals surface area contributed by atoms with Crippen LogP contribution in [0.25, 0.3) is 0 Å². The van der Waals surface area contributed by atoms with Gasteiger partial charge in [-0.05, 0) is 50.5 Å². The molecule has 0 bridgehead atoms. The molecule has 0 radical (unpaired) electrons. The largest absolute Gasteiger partial charge is 0.324 e. The quantitative estimate of drug-likeness (QED) is 0.671. The van der Waals surface area contributed by atoms with E-state index in [9.17, 15) is 9.59 Å². The van der Waals surface area contributed by atoms with Gasteiger partial charge in [0.1, 0.15) is 6.54 Å². The zero-order valence-electron chi connectivity index (χ0n) is 17.1. The Labute approximate surface area is 170 Å². The maximum absolute atomic E-state index is 12.6. The molecule has 2 N–H and O–H groups in total. The summed E-state index contributed by atoms with van der Waals surface area (Å²) in [6, 6.07) is 13.5. The molecule has 0 spiro atoms. The maximum Gasteiger partial charge on any atom is 0.278 e. The van der Waals surface area contributed by atoms with Crippen LogP contribution >= 0.6 is 0 Å². The number of aromatic nitrogens is 3. The molecule has 0 fully saturated rings. The van der Waals surface area contributed by atoms with Crippen molar-refractivity contribution in [2.24, 2.45) is 0 Å². The minimum atomic E-state index is -0.343. The van der Waals surface area contributed by atoms with Gasteiger partial charge in [0.05, 0.1) is 5.69 Å². The second kappa shape index (κ2) is 8.68. The van der Waals surface area contributed by atoms with Crippen LogP contribution in [0.2, 0.25) is 0 Å². The first kappa shape index (κ1) is 20.3. The van der Waals surface area contributed by atoms with Gasteiger partial charge in [-0.25, -0.2) is 4.68 Å². The van der Waals surface area contributed by atoms with Crippen LogP contribution in [-0.4, -0.2) is 26.8 Å². The molecule has 7 nitrogen and oxygen atoms in total. The van der Waals surface area contributed by atoms with Gasteiger partial charge in [-0.2, -0.15) is 0 Å². The van der Waals surface area contributed by atoms with Crippen molar-refractivity contribution < 1.29 is 9.59 Å². The van der Waals surface area contributed by atoms with Gasteiger partial charge in [0.25, 0.3) is 5.91 Å². The summed E-state index contributed by atoms with van der Waals surface area (Å²) in [6.45, 7) is 7.68. The van der Waals surface area contributed by atoms with Gasteiger partial charge in [-0.1, -0.05) is 48.0 Å². The average molecular weight is 391 g/mol. The SMILES string of the molecule is CCc1ccccc1NC(=O)c1nnn(CC(=O)Nc2ccc(C)cc2C)c1C. The van der Waals surface area contributed by atoms with Crippen molar-refractivity contribution in [1.82, 2.24) is 15.0 Å². The predicted molar refractivity (Wildman–Crippen MR) is 113 cm³/mol. The van der Waals surface area contributed by atoms with Crippen molar-refractivity contribution in [3.8, 4) is 0 Å². The lowest BCUT2D eigenvalue weighted by molar-refractivity contribution is -0.117. The molecule has 0 aliphatic rings. The minimum Gasteiger partial charge on any atom is -0.324 e. The minimum absolute atomic E-state index is 0.0228. The van der Waals surface area contributed by atoms with Gasteiger partial charge < -0.3 is 10.6 Å². The van der Waals surface area contributed by atoms with Crippen LogP contribution in [0.5, 0.6) is 0 Å². The standard InChI is InChI=1S/C22H25N5O2/c1-5-17-8-6-7-9-19(17)24-22(29)21-16(4)27(26-25-21)13-20(28)23-18-11-10-14(2)12-15(18)3/h6-12H,5,13H2,1-4H3,(H,23,28)(H,24,29). The van der Waals surface area contributed by atoms with E-state index in [4.69, 9.17) is 0 Å². The Morgan fingerprint density at radius 3 is 2.48 bits per heavy atom. The van der Waals surface area contributed by atoms with Crippen molar-refractivity contribution in [3.05, 3.63) is 70.5 Å². The van der Waals surface area contributed by atoms with Crippen LogP contribution < -0.4 is 10.6 Å². The molecule has 0 unspecified atom stereocenters. The Hall–Kier alpha value is -3.48. The van der Waals surface area contributed by atoms with Crippen LogP contribution in [0.1, 0.15) is 39.8 Å². The Kier molecular flexibility index (Phi) is 6.07. The van der Waals surface area contributed by atoms with E-state index in [0.29, 0.717) is 5.69 Å². The van der Waals surface area contributed by atoms with E-state index in [1.165, 1.54) is 4.68 Å². The van der Waals surface area contributed by atoms with E-state index in [0.717, 1.165) is 34.5 Å². The summed E-state index contributed by atoms with van der Waals surface area (Å²) in [6.07, 6.45) is 0.806. The number of carbonyl (C=O) groups excluding carboxylic acids is 2. The van der Waals surface area contributed by atoms with Crippen LogP contribution in [0, 0.1) is 20.8 Å². The average Bonchev–Trinajstić information content (AvgIpc) is 3.05. The molecular formula is C22H25N5O2. The monoisotopic (exact) mass is 391 g/mol. The number of para-hydroxylation sites is 1. The number of carbonyl (C=O) groups is 2. The molecule has 150 valence electrons. The highest BCUT2D eigenvalue weighted by Gasteiger charge is 2.19. The highest BCUT2D eigenvalue weighted by Crippen LogP contribution is 2.18. The lowest BCUT2D eigenvalue weighted by Gasteiger charge is -2.10. The molecule has 0 aliphatic heterocycles. The van der Waals surface area contributed by atoms with E-state index < -0.39 is 0 Å². The maximum atomic E-state index is 12.6. The van der Waals surface area contributed by atoms with Gasteiger partial charge in [-0.15, -0.1) is 5.10 Å². The Morgan fingerprint density at radius 2 is 1.76 bits per heavy atom. The first-order valence-electron chi connectivity index (χ1n) is 9.55. The number of hydrogen-bond acceptors (Lipinski definition) is 4. The van der Waals surface area contributed by atoms with Crippen molar-refractivity contribution in [1.29, 1.82) is 0 Å². The van der Waals surface area contributed by atoms with E-state index >= 15 is 0 Å². The van der Waals surface area contributed by atoms with E-state index in [-0.39, 0.29) is 24.1 Å². The zero-order chi connectivity index (χ0) is 21.0. The Balaban J connectivity index is 1.70. The Morgan fingerprint density at radius 1 is 1.00 bits per heavy atom. The van der Waals surface area contributed by atoms with Gasteiger partial charge in [0.15, 0.2) is 5.69 Å². The zero-order valence-corrected chi connectivity index (χ0v) is 17.1. The topological polar surface area (TPSA) is 88.9 Å². The van der Waals surface area contributed by atoms with Crippen molar-refractivity contribution >= 4 is 23.2 Å². The van der Waals surface area contributed by atoms with Crippen LogP contribution in [0.3, 0.4) is 0 Å². The van der Waals surface area contributed by atoms with Crippen molar-refractivity contribution in [3.63, 3.8) is 0 Å².